The van der Waals surface area contributed by atoms with Crippen molar-refractivity contribution in [2.24, 2.45) is 7.05 Å². The van der Waals surface area contributed by atoms with E-state index in [0.29, 0.717) is 71.2 Å². The highest BCUT2D eigenvalue weighted by Crippen LogP contribution is 2.35. The summed E-state index contributed by atoms with van der Waals surface area (Å²) in [6, 6.07) is 9.14. The molecule has 0 bridgehead atoms. The minimum atomic E-state index is -2.77. The van der Waals surface area contributed by atoms with E-state index >= 15 is 8.78 Å². The van der Waals surface area contributed by atoms with E-state index in [1.165, 1.54) is 4.90 Å². The van der Waals surface area contributed by atoms with Gasteiger partial charge in [0.1, 0.15) is 17.3 Å². The number of piperazine rings is 1. The van der Waals surface area contributed by atoms with Crippen molar-refractivity contribution in [3.05, 3.63) is 71.7 Å². The van der Waals surface area contributed by atoms with Crippen LogP contribution in [0.2, 0.25) is 0 Å². The van der Waals surface area contributed by atoms with Crippen LogP contribution in [-0.2, 0) is 13.0 Å². The van der Waals surface area contributed by atoms with Crippen molar-refractivity contribution in [1.29, 1.82) is 0 Å². The van der Waals surface area contributed by atoms with Crippen molar-refractivity contribution in [3.8, 4) is 22.4 Å². The molecule has 42 heavy (non-hydrogen) atoms. The third kappa shape index (κ3) is 5.29. The summed E-state index contributed by atoms with van der Waals surface area (Å²) in [6.45, 7) is 3.54. The Labute approximate surface area is 246 Å². The van der Waals surface area contributed by atoms with Gasteiger partial charge in [-0.05, 0) is 36.9 Å². The minimum Gasteiger partial charge on any atom is -0.349 e. The molecule has 0 unspecified atom stereocenters. The zero-order chi connectivity index (χ0) is 29.6. The van der Waals surface area contributed by atoms with E-state index in [1.807, 2.05) is 25.2 Å². The Balaban J connectivity index is 1.35. The molecule has 2 fully saturated rings. The molecule has 9 nitrogen and oxygen atoms in total. The van der Waals surface area contributed by atoms with E-state index in [0.717, 1.165) is 25.2 Å². The Morgan fingerprint density at radius 1 is 0.952 bits per heavy atom. The molecule has 0 aliphatic carbocycles. The Hall–Kier alpha value is -3.42. The van der Waals surface area contributed by atoms with Crippen LogP contribution >= 0.6 is 11.8 Å². The highest BCUT2D eigenvalue weighted by atomic mass is 32.2. The van der Waals surface area contributed by atoms with Crippen molar-refractivity contribution in [1.82, 2.24) is 29.2 Å². The van der Waals surface area contributed by atoms with Crippen molar-refractivity contribution in [3.63, 3.8) is 0 Å². The molecule has 2 saturated heterocycles. The van der Waals surface area contributed by atoms with Gasteiger partial charge in [-0.1, -0.05) is 12.1 Å². The van der Waals surface area contributed by atoms with Crippen molar-refractivity contribution in [2.75, 3.05) is 57.8 Å². The number of carbonyl (C=O) groups is 1. The van der Waals surface area contributed by atoms with Gasteiger partial charge in [0.25, 0.3) is 11.8 Å². The van der Waals surface area contributed by atoms with E-state index in [2.05, 4.69) is 9.88 Å². The number of aromatic nitrogens is 3. The number of rotatable bonds is 5. The maximum Gasteiger partial charge on any atom is 0.270 e. The Kier molecular flexibility index (Phi) is 7.75. The topological polar surface area (TPSA) is 98.0 Å². The lowest BCUT2D eigenvalue weighted by atomic mass is 9.99. The lowest BCUT2D eigenvalue weighted by Gasteiger charge is -2.37. The van der Waals surface area contributed by atoms with E-state index in [1.54, 1.807) is 46.8 Å². The van der Waals surface area contributed by atoms with Gasteiger partial charge in [0.15, 0.2) is 0 Å². The normalized spacial score (nSPS) is 17.2. The summed E-state index contributed by atoms with van der Waals surface area (Å²) >= 11 is 1.64. The van der Waals surface area contributed by atoms with Crippen LogP contribution in [0.15, 0.2) is 48.8 Å². The number of halogens is 2. The number of hydrogen-bond donors (Lipinski definition) is 2. The Morgan fingerprint density at radius 3 is 2.33 bits per heavy atom. The van der Waals surface area contributed by atoms with E-state index < -0.39 is 23.1 Å². The van der Waals surface area contributed by atoms with Gasteiger partial charge in [-0.2, -0.15) is 11.8 Å². The zero-order valence-electron chi connectivity index (χ0n) is 23.4. The van der Waals surface area contributed by atoms with Crippen LogP contribution in [-0.4, -0.2) is 103 Å². The minimum absolute atomic E-state index is 0.0514. The van der Waals surface area contributed by atoms with Crippen molar-refractivity contribution < 1.29 is 23.8 Å². The molecule has 0 radical (unpaired) electrons. The molecule has 0 atom stereocenters. The quantitative estimate of drug-likeness (QED) is 0.341. The van der Waals surface area contributed by atoms with Crippen LogP contribution in [0.3, 0.4) is 0 Å². The van der Waals surface area contributed by atoms with Crippen molar-refractivity contribution in [2.45, 2.75) is 5.91 Å². The maximum atomic E-state index is 15.4. The molecule has 6 rings (SSSR count). The molecule has 2 N–H and O–H groups in total. The highest BCUT2D eigenvalue weighted by molar-refractivity contribution is 7.99. The SMILES string of the molecule is CN1CCN(C(=O)c2cc(-c3cnc4cccc(-c5cc(F)c(C(O)(O)N6CCSCC6)c(F)c5)c4n3)cn2C)CC1. The van der Waals surface area contributed by atoms with Gasteiger partial charge in [0.05, 0.1) is 28.5 Å². The molecule has 0 spiro atoms. The standard InChI is InChI=1S/C30H32F2N6O3S/c1-35-6-8-37(9-7-35)29(39)26-16-20(18-36(26)2)25-17-33-24-5-3-4-21(28(24)34-25)19-14-22(31)27(23(32)15-19)30(40,41)38-10-12-42-13-11-38/h3-5,14-18,40-41H,6-13H2,1-2H3. The van der Waals surface area contributed by atoms with Gasteiger partial charge < -0.3 is 24.6 Å². The molecule has 2 aromatic heterocycles. The number of thioether (sulfide) groups is 1. The van der Waals surface area contributed by atoms with E-state index in [9.17, 15) is 15.0 Å². The second kappa shape index (κ2) is 11.3. The predicted molar refractivity (Wildman–Crippen MR) is 158 cm³/mol. The fourth-order valence-electron chi connectivity index (χ4n) is 5.58. The first-order valence-electron chi connectivity index (χ1n) is 13.8. The Morgan fingerprint density at radius 2 is 1.64 bits per heavy atom. The van der Waals surface area contributed by atoms with Gasteiger partial charge in [-0.15, -0.1) is 0 Å². The first kappa shape index (κ1) is 28.7. The second-order valence-electron chi connectivity index (χ2n) is 10.8. The van der Waals surface area contributed by atoms with Gasteiger partial charge in [0, 0.05) is 75.1 Å². The number of nitrogens with zero attached hydrogens (tertiary/aromatic N) is 6. The molecule has 4 heterocycles. The first-order chi connectivity index (χ1) is 20.1. The summed E-state index contributed by atoms with van der Waals surface area (Å²) in [5.41, 5.74) is 2.51. The molecule has 12 heteroatoms. The number of aliphatic hydroxyl groups is 2. The molecular weight excluding hydrogens is 562 g/mol. The number of fused-ring (bicyclic) bond motifs is 1. The molecule has 2 aliphatic heterocycles. The van der Waals surface area contributed by atoms with Gasteiger partial charge in [-0.25, -0.2) is 18.7 Å². The number of benzene rings is 2. The fourth-order valence-corrected chi connectivity index (χ4v) is 6.48. The molecule has 4 aromatic rings. The number of carbonyl (C=O) groups excluding carboxylic acids is 1. The number of likely N-dealkylation sites (N-methyl/N-ethyl adjacent to an activating group) is 1. The number of hydrogen-bond acceptors (Lipinski definition) is 8. The van der Waals surface area contributed by atoms with Crippen LogP contribution in [0.1, 0.15) is 16.1 Å². The molecule has 1 amide bonds. The van der Waals surface area contributed by atoms with Gasteiger partial charge >= 0.3 is 0 Å². The molecule has 220 valence electrons. The second-order valence-corrected chi connectivity index (χ2v) is 12.0. The van der Waals surface area contributed by atoms with E-state index in [-0.39, 0.29) is 11.5 Å². The predicted octanol–water partition coefficient (Wildman–Crippen LogP) is 3.11. The first-order valence-corrected chi connectivity index (χ1v) is 15.0. The highest BCUT2D eigenvalue weighted by Gasteiger charge is 2.40. The number of amides is 1. The zero-order valence-corrected chi connectivity index (χ0v) is 24.2. The van der Waals surface area contributed by atoms with Crippen LogP contribution in [0.4, 0.5) is 8.78 Å². The fraction of sp³-hybridized carbons (Fsp3) is 0.367. The lowest BCUT2D eigenvalue weighted by Crippen LogP contribution is -2.50. The smallest absolute Gasteiger partial charge is 0.270 e. The third-order valence-electron chi connectivity index (χ3n) is 8.02. The lowest BCUT2D eigenvalue weighted by molar-refractivity contribution is -0.276. The van der Waals surface area contributed by atoms with Gasteiger partial charge in [0.2, 0.25) is 0 Å². The maximum absolute atomic E-state index is 15.4. The van der Waals surface area contributed by atoms with Gasteiger partial charge in [-0.3, -0.25) is 9.78 Å². The summed E-state index contributed by atoms with van der Waals surface area (Å²) in [6.07, 6.45) is 3.43. The molecular formula is C30H32F2N6O3S. The largest absolute Gasteiger partial charge is 0.349 e. The van der Waals surface area contributed by atoms with Crippen LogP contribution < -0.4 is 0 Å². The van der Waals surface area contributed by atoms with E-state index in [4.69, 9.17) is 4.98 Å². The average Bonchev–Trinajstić information content (AvgIpc) is 3.38. The molecule has 2 aliphatic rings. The Bertz CT molecular complexity index is 1620. The number of para-hydroxylation sites is 1. The summed E-state index contributed by atoms with van der Waals surface area (Å²) in [7, 11) is 3.85. The molecule has 2 aromatic carbocycles. The van der Waals surface area contributed by atoms with Crippen molar-refractivity contribution >= 4 is 28.7 Å². The van der Waals surface area contributed by atoms with Crippen LogP contribution in [0.25, 0.3) is 33.4 Å². The van der Waals surface area contributed by atoms with Crippen LogP contribution in [0, 0.1) is 11.6 Å². The summed E-state index contributed by atoms with van der Waals surface area (Å²) in [4.78, 5) is 27.9. The average molecular weight is 595 g/mol. The molecule has 0 saturated carbocycles. The number of aryl methyl sites for hydroxylation is 1. The monoisotopic (exact) mass is 594 g/mol. The summed E-state index contributed by atoms with van der Waals surface area (Å²) < 4.78 is 32.6. The summed E-state index contributed by atoms with van der Waals surface area (Å²) in [5, 5.41) is 21.5. The van der Waals surface area contributed by atoms with Crippen LogP contribution in [0.5, 0.6) is 0 Å². The third-order valence-corrected chi connectivity index (χ3v) is 8.97. The summed E-state index contributed by atoms with van der Waals surface area (Å²) in [5.74, 6) is -3.69.